The van der Waals surface area contributed by atoms with Crippen LogP contribution in [0, 0.1) is 12.8 Å². The van der Waals surface area contributed by atoms with E-state index in [-0.39, 0.29) is 73.8 Å². The molecule has 9 rings (SSSR count). The van der Waals surface area contributed by atoms with Crippen molar-refractivity contribution in [2.24, 2.45) is 5.92 Å². The normalized spacial score (nSPS) is 18.1. The predicted molar refractivity (Wildman–Crippen MR) is 278 cm³/mol. The van der Waals surface area contributed by atoms with Gasteiger partial charge in [0.25, 0.3) is 11.8 Å². The average Bonchev–Trinajstić information content (AvgIpc) is 3.90. The number of carbonyl (C=O) groups is 6. The van der Waals surface area contributed by atoms with E-state index in [1.165, 1.54) is 5.56 Å². The molecule has 4 aliphatic rings. The van der Waals surface area contributed by atoms with Crippen molar-refractivity contribution in [3.63, 3.8) is 0 Å². The minimum absolute atomic E-state index is 0.0562. The first-order chi connectivity index (χ1) is 35.2. The standard InChI is InChI=1S/C59H64N4O10/c1-6-45(64)15-9-12-18-56(67)60-36(4)51(65)22-35(3)57(68)61-43-24-37(32-72-53-30-42-28-52(66)50-27-41-14-8-11-17-49(41)63(50)59(70)46(42)21-34(53)2)23-38(25-43)33-73-55-29-39-19-20-44-26-40-13-7-10-16-48(40)62(44)58(69)47(39)31-54(55)71-5/h7-8,10-11,13-14,16-17,21,23-25,29-31,35-36,44,50,52,66H,6,9,12,15,18-20,22,26-28,32-33H2,1-5H3,(H,60,67)(H,61,68)/t35-,36-,44+,50-,52?/m0/s1. The second-order valence-corrected chi connectivity index (χ2v) is 20.0. The molecule has 4 aliphatic heterocycles. The maximum atomic E-state index is 14.1. The monoisotopic (exact) mass is 988 g/mol. The van der Waals surface area contributed by atoms with Gasteiger partial charge in [0.1, 0.15) is 24.7 Å². The first-order valence-corrected chi connectivity index (χ1v) is 25.6. The number of carbonyl (C=O) groups excluding carboxylic acids is 6. The van der Waals surface area contributed by atoms with Crippen LogP contribution in [0.4, 0.5) is 17.1 Å². The van der Waals surface area contributed by atoms with Crippen molar-refractivity contribution < 1.29 is 48.1 Å². The number of Topliss-reactive ketones (excluding diaryl/α,β-unsaturated/α-hetero) is 2. The third-order valence-corrected chi connectivity index (χ3v) is 14.8. The van der Waals surface area contributed by atoms with E-state index in [0.29, 0.717) is 89.3 Å². The number of ether oxygens (including phenoxy) is 3. The van der Waals surface area contributed by atoms with Crippen molar-refractivity contribution in [2.75, 3.05) is 22.2 Å². The largest absolute Gasteiger partial charge is 0.493 e. The van der Waals surface area contributed by atoms with Gasteiger partial charge in [-0.1, -0.05) is 50.2 Å². The number of rotatable bonds is 19. The lowest BCUT2D eigenvalue weighted by Crippen LogP contribution is -2.43. The molecular formula is C59H64N4O10. The maximum Gasteiger partial charge on any atom is 0.258 e. The zero-order chi connectivity index (χ0) is 51.5. The summed E-state index contributed by atoms with van der Waals surface area (Å²) in [7, 11) is 1.54. The molecule has 0 spiro atoms. The summed E-state index contributed by atoms with van der Waals surface area (Å²) in [6.07, 6.45) is 4.46. The molecule has 0 bridgehead atoms. The number of nitrogens with zero attached hydrogens (tertiary/aromatic N) is 2. The number of anilines is 3. The third kappa shape index (κ3) is 10.9. The van der Waals surface area contributed by atoms with Gasteiger partial charge in [-0.15, -0.1) is 0 Å². The van der Waals surface area contributed by atoms with Crippen LogP contribution >= 0.6 is 0 Å². The number of ketones is 2. The predicted octanol–water partition coefficient (Wildman–Crippen LogP) is 8.75. The molecule has 0 aliphatic carbocycles. The summed E-state index contributed by atoms with van der Waals surface area (Å²) in [5, 5.41) is 17.2. The van der Waals surface area contributed by atoms with Crippen molar-refractivity contribution >= 4 is 52.3 Å². The van der Waals surface area contributed by atoms with E-state index >= 15 is 0 Å². The fourth-order valence-corrected chi connectivity index (χ4v) is 10.8. The molecule has 4 amide bonds. The van der Waals surface area contributed by atoms with Gasteiger partial charge in [0.15, 0.2) is 17.3 Å². The number of aliphatic hydroxyl groups excluding tert-OH is 1. The molecule has 4 heterocycles. The molecule has 380 valence electrons. The number of methoxy groups -OCH3 is 1. The van der Waals surface area contributed by atoms with Crippen molar-refractivity contribution in [2.45, 2.75) is 136 Å². The Morgan fingerprint density at radius 1 is 0.726 bits per heavy atom. The van der Waals surface area contributed by atoms with E-state index in [9.17, 15) is 33.9 Å². The van der Waals surface area contributed by atoms with Crippen LogP contribution in [0.15, 0.2) is 91.0 Å². The molecule has 14 heteroatoms. The summed E-state index contributed by atoms with van der Waals surface area (Å²) in [5.74, 6) is -0.366. The average molecular weight is 989 g/mol. The van der Waals surface area contributed by atoms with Gasteiger partial charge in [-0.05, 0) is 146 Å². The van der Waals surface area contributed by atoms with Crippen LogP contribution in [0.2, 0.25) is 0 Å². The quantitative estimate of drug-likeness (QED) is 0.0677. The Labute approximate surface area is 426 Å². The number of nitrogens with one attached hydrogen (secondary N) is 2. The first kappa shape index (κ1) is 50.6. The van der Waals surface area contributed by atoms with Gasteiger partial charge < -0.3 is 39.8 Å². The van der Waals surface area contributed by atoms with Crippen LogP contribution in [0.1, 0.15) is 125 Å². The Bertz CT molecular complexity index is 2990. The van der Waals surface area contributed by atoms with Crippen molar-refractivity contribution in [1.29, 1.82) is 0 Å². The zero-order valence-corrected chi connectivity index (χ0v) is 42.3. The molecule has 1 unspecified atom stereocenters. The fourth-order valence-electron chi connectivity index (χ4n) is 10.8. The van der Waals surface area contributed by atoms with Crippen molar-refractivity contribution in [1.82, 2.24) is 5.32 Å². The first-order valence-electron chi connectivity index (χ1n) is 25.6. The number of benzene rings is 5. The number of unbranched alkanes of at least 4 members (excludes halogenated alkanes) is 1. The van der Waals surface area contributed by atoms with Crippen LogP contribution < -0.4 is 34.6 Å². The van der Waals surface area contributed by atoms with Crippen LogP contribution in [0.3, 0.4) is 0 Å². The lowest BCUT2D eigenvalue weighted by atomic mass is 9.96. The van der Waals surface area contributed by atoms with Gasteiger partial charge in [-0.25, -0.2) is 0 Å². The third-order valence-electron chi connectivity index (χ3n) is 14.8. The van der Waals surface area contributed by atoms with Gasteiger partial charge in [0.2, 0.25) is 11.8 Å². The number of fused-ring (bicyclic) bond motifs is 8. The number of hydrogen-bond acceptors (Lipinski definition) is 10. The van der Waals surface area contributed by atoms with E-state index in [2.05, 4.69) is 16.7 Å². The molecule has 5 atom stereocenters. The minimum atomic E-state index is -0.798. The highest BCUT2D eigenvalue weighted by molar-refractivity contribution is 6.10. The van der Waals surface area contributed by atoms with Crippen LogP contribution in [0.25, 0.3) is 0 Å². The van der Waals surface area contributed by atoms with Crippen molar-refractivity contribution in [3.05, 3.63) is 141 Å². The highest BCUT2D eigenvalue weighted by Gasteiger charge is 2.42. The van der Waals surface area contributed by atoms with Gasteiger partial charge >= 0.3 is 0 Å². The van der Waals surface area contributed by atoms with Gasteiger partial charge in [-0.3, -0.25) is 28.8 Å². The molecule has 3 N–H and O–H groups in total. The summed E-state index contributed by atoms with van der Waals surface area (Å²) in [4.78, 5) is 83.2. The van der Waals surface area contributed by atoms with Crippen LogP contribution in [0.5, 0.6) is 17.2 Å². The second kappa shape index (κ2) is 21.8. The van der Waals surface area contributed by atoms with E-state index in [1.807, 2.05) is 85.5 Å². The Morgan fingerprint density at radius 3 is 2.07 bits per heavy atom. The maximum absolute atomic E-state index is 14.1. The van der Waals surface area contributed by atoms with E-state index < -0.39 is 24.0 Å². The minimum Gasteiger partial charge on any atom is -0.493 e. The number of hydrogen-bond donors (Lipinski definition) is 3. The summed E-state index contributed by atoms with van der Waals surface area (Å²) < 4.78 is 18.8. The highest BCUT2D eigenvalue weighted by atomic mass is 16.5. The Kier molecular flexibility index (Phi) is 15.1. The number of aryl methyl sites for hydroxylation is 2. The molecule has 0 aromatic heterocycles. The molecule has 0 saturated carbocycles. The number of amides is 4. The molecule has 73 heavy (non-hydrogen) atoms. The summed E-state index contributed by atoms with van der Waals surface area (Å²) in [5.41, 5.74) is 9.20. The highest BCUT2D eigenvalue weighted by Crippen LogP contribution is 2.42. The molecule has 5 aromatic rings. The van der Waals surface area contributed by atoms with Crippen molar-refractivity contribution in [3.8, 4) is 17.2 Å². The van der Waals surface area contributed by atoms with Gasteiger partial charge in [-0.2, -0.15) is 0 Å². The summed E-state index contributed by atoms with van der Waals surface area (Å²) in [6.45, 7) is 7.08. The molecule has 5 aromatic carbocycles. The molecule has 0 radical (unpaired) electrons. The fraction of sp³-hybridized carbons (Fsp3) is 0.390. The van der Waals surface area contributed by atoms with E-state index in [0.717, 1.165) is 40.9 Å². The summed E-state index contributed by atoms with van der Waals surface area (Å²) >= 11 is 0. The SMILES string of the molecule is CCC(=O)CCCCC(=O)N[C@@H](C)C(=O)C[C@H](C)C(=O)Nc1cc(COc2cc3c(cc2C)C(=O)N2c4ccccc4C[C@H]2C(O)C3)cc(COc2cc3c(cc2OC)C(=O)N2c4ccccc4C[C@H]2CC3)c1. The van der Waals surface area contributed by atoms with Crippen LogP contribution in [-0.2, 0) is 58.1 Å². The van der Waals surface area contributed by atoms with E-state index in [4.69, 9.17) is 14.2 Å². The molecule has 14 nitrogen and oxygen atoms in total. The zero-order valence-electron chi connectivity index (χ0n) is 42.3. The Morgan fingerprint density at radius 2 is 1.36 bits per heavy atom. The second-order valence-electron chi connectivity index (χ2n) is 20.0. The smallest absolute Gasteiger partial charge is 0.258 e. The molecule has 0 saturated heterocycles. The lowest BCUT2D eigenvalue weighted by Gasteiger charge is -2.26. The lowest BCUT2D eigenvalue weighted by molar-refractivity contribution is -0.129. The topological polar surface area (TPSA) is 181 Å². The summed E-state index contributed by atoms with van der Waals surface area (Å²) in [6, 6.07) is 27.5. The van der Waals surface area contributed by atoms with Crippen LogP contribution in [-0.4, -0.2) is 71.6 Å². The van der Waals surface area contributed by atoms with E-state index in [1.54, 1.807) is 44.1 Å². The molecular weight excluding hydrogens is 925 g/mol. The number of aliphatic hydroxyl groups is 1. The molecule has 0 fully saturated rings. The Hall–Kier alpha value is -7.32. The Balaban J connectivity index is 0.926. The van der Waals surface area contributed by atoms with Gasteiger partial charge in [0, 0.05) is 72.3 Å². The number of para-hydroxylation sites is 2. The van der Waals surface area contributed by atoms with Gasteiger partial charge in [0.05, 0.1) is 25.3 Å².